The molecule has 19 heavy (non-hydrogen) atoms. The van der Waals surface area contributed by atoms with E-state index in [2.05, 4.69) is 25.8 Å². The molecular weight excluding hydrogens is 243 g/mol. The molecule has 2 aromatic rings. The minimum Gasteiger partial charge on any atom is -0.488 e. The number of benzene rings is 1. The Morgan fingerprint density at radius 1 is 1.37 bits per heavy atom. The molecule has 1 heterocycles. The molecule has 1 aromatic heterocycles. The molecule has 0 fully saturated rings. The van der Waals surface area contributed by atoms with E-state index in [4.69, 9.17) is 10.5 Å². The van der Waals surface area contributed by atoms with E-state index in [0.717, 1.165) is 11.8 Å². The zero-order chi connectivity index (χ0) is 14.0. The van der Waals surface area contributed by atoms with Gasteiger partial charge in [0.05, 0.1) is 6.61 Å². The number of nitrogen functional groups attached to an aromatic ring is 1. The van der Waals surface area contributed by atoms with Crippen LogP contribution in [0.25, 0.3) is 10.9 Å². The summed E-state index contributed by atoms with van der Waals surface area (Å²) in [6.07, 6.45) is 2.45. The SMILES string of the molecule is CC(C)(C)CCOc1c(F)cc(N)c2cccnc12. The molecule has 3 nitrogen and oxygen atoms in total. The minimum atomic E-state index is -0.461. The highest BCUT2D eigenvalue weighted by molar-refractivity contribution is 5.94. The first-order valence-electron chi connectivity index (χ1n) is 6.34. The van der Waals surface area contributed by atoms with E-state index in [-0.39, 0.29) is 11.2 Å². The fourth-order valence-corrected chi connectivity index (χ4v) is 1.81. The number of anilines is 1. The standard InChI is InChI=1S/C15H19FN2O/c1-15(2,3)6-8-19-14-11(16)9-12(17)10-5-4-7-18-13(10)14/h4-5,7,9H,6,8,17H2,1-3H3. The first-order chi connectivity index (χ1) is 8.88. The van der Waals surface area contributed by atoms with Gasteiger partial charge in [-0.05, 0) is 24.0 Å². The van der Waals surface area contributed by atoms with E-state index >= 15 is 0 Å². The van der Waals surface area contributed by atoms with Gasteiger partial charge >= 0.3 is 0 Å². The molecule has 4 heteroatoms. The Morgan fingerprint density at radius 3 is 2.79 bits per heavy atom. The number of nitrogens with zero attached hydrogens (tertiary/aromatic N) is 1. The highest BCUT2D eigenvalue weighted by Gasteiger charge is 2.15. The molecule has 0 spiro atoms. The lowest BCUT2D eigenvalue weighted by Crippen LogP contribution is -2.12. The zero-order valence-electron chi connectivity index (χ0n) is 11.5. The average Bonchev–Trinajstić information content (AvgIpc) is 2.32. The van der Waals surface area contributed by atoms with E-state index < -0.39 is 5.82 Å². The van der Waals surface area contributed by atoms with Crippen LogP contribution in [0, 0.1) is 11.2 Å². The maximum absolute atomic E-state index is 14.0. The van der Waals surface area contributed by atoms with Crippen molar-refractivity contribution in [3.8, 4) is 5.75 Å². The van der Waals surface area contributed by atoms with Crippen LogP contribution < -0.4 is 10.5 Å². The lowest BCUT2D eigenvalue weighted by atomic mass is 9.93. The Labute approximate surface area is 112 Å². The van der Waals surface area contributed by atoms with Gasteiger partial charge in [-0.3, -0.25) is 4.98 Å². The first-order valence-corrected chi connectivity index (χ1v) is 6.34. The molecule has 0 aliphatic carbocycles. The van der Waals surface area contributed by atoms with Gasteiger partial charge in [-0.1, -0.05) is 20.8 Å². The maximum atomic E-state index is 14.0. The molecule has 0 radical (unpaired) electrons. The van der Waals surface area contributed by atoms with Gasteiger partial charge < -0.3 is 10.5 Å². The van der Waals surface area contributed by atoms with Crippen LogP contribution in [-0.4, -0.2) is 11.6 Å². The van der Waals surface area contributed by atoms with Crippen molar-refractivity contribution in [1.29, 1.82) is 0 Å². The van der Waals surface area contributed by atoms with Crippen LogP contribution in [0.5, 0.6) is 5.75 Å². The van der Waals surface area contributed by atoms with E-state index in [0.29, 0.717) is 17.8 Å². The number of ether oxygens (including phenoxy) is 1. The average molecular weight is 262 g/mol. The predicted molar refractivity (Wildman–Crippen MR) is 75.7 cm³/mol. The highest BCUT2D eigenvalue weighted by Crippen LogP contribution is 2.32. The van der Waals surface area contributed by atoms with E-state index in [1.165, 1.54) is 6.07 Å². The maximum Gasteiger partial charge on any atom is 0.181 e. The van der Waals surface area contributed by atoms with Crippen molar-refractivity contribution in [1.82, 2.24) is 4.98 Å². The van der Waals surface area contributed by atoms with Gasteiger partial charge in [0.15, 0.2) is 11.6 Å². The van der Waals surface area contributed by atoms with Crippen molar-refractivity contribution in [3.05, 3.63) is 30.2 Å². The summed E-state index contributed by atoms with van der Waals surface area (Å²) in [5.41, 5.74) is 6.79. The van der Waals surface area contributed by atoms with Crippen molar-refractivity contribution in [3.63, 3.8) is 0 Å². The Balaban J connectivity index is 2.32. The molecule has 0 saturated heterocycles. The van der Waals surface area contributed by atoms with Crippen LogP contribution in [-0.2, 0) is 0 Å². The molecule has 1 aromatic carbocycles. The molecule has 0 saturated carbocycles. The molecule has 0 aliphatic rings. The topological polar surface area (TPSA) is 48.1 Å². The summed E-state index contributed by atoms with van der Waals surface area (Å²) in [6, 6.07) is 4.87. The number of halogens is 1. The summed E-state index contributed by atoms with van der Waals surface area (Å²) in [5.74, 6) is -0.272. The fourth-order valence-electron chi connectivity index (χ4n) is 1.81. The third-order valence-corrected chi connectivity index (χ3v) is 2.93. The smallest absolute Gasteiger partial charge is 0.181 e. The first kappa shape index (κ1) is 13.6. The van der Waals surface area contributed by atoms with Crippen molar-refractivity contribution in [2.45, 2.75) is 27.2 Å². The quantitative estimate of drug-likeness (QED) is 0.856. The Bertz CT molecular complexity index is 590. The second-order valence-corrected chi connectivity index (χ2v) is 5.84. The molecule has 0 bridgehead atoms. The van der Waals surface area contributed by atoms with Crippen LogP contribution in [0.2, 0.25) is 0 Å². The summed E-state index contributed by atoms with van der Waals surface area (Å²) in [4.78, 5) is 4.17. The van der Waals surface area contributed by atoms with Crippen molar-refractivity contribution < 1.29 is 9.13 Å². The number of hydrogen-bond donors (Lipinski definition) is 1. The number of aromatic nitrogens is 1. The molecule has 0 unspecified atom stereocenters. The van der Waals surface area contributed by atoms with Crippen molar-refractivity contribution in [2.75, 3.05) is 12.3 Å². The van der Waals surface area contributed by atoms with Gasteiger partial charge in [0.1, 0.15) is 5.52 Å². The van der Waals surface area contributed by atoms with Gasteiger partial charge in [0, 0.05) is 23.3 Å². The van der Waals surface area contributed by atoms with E-state index in [1.807, 2.05) is 6.07 Å². The summed E-state index contributed by atoms with van der Waals surface area (Å²) in [5, 5.41) is 0.717. The molecule has 2 N–H and O–H groups in total. The number of nitrogens with two attached hydrogens (primary N) is 1. The van der Waals surface area contributed by atoms with Crippen LogP contribution >= 0.6 is 0 Å². The molecule has 102 valence electrons. The molecular formula is C15H19FN2O. The Morgan fingerprint density at radius 2 is 2.11 bits per heavy atom. The van der Waals surface area contributed by atoms with Gasteiger partial charge in [-0.15, -0.1) is 0 Å². The third kappa shape index (κ3) is 3.13. The molecule has 0 aliphatic heterocycles. The summed E-state index contributed by atoms with van der Waals surface area (Å²) in [6.45, 7) is 6.81. The second-order valence-electron chi connectivity index (χ2n) is 5.84. The van der Waals surface area contributed by atoms with E-state index in [9.17, 15) is 4.39 Å². The molecule has 0 amide bonds. The summed E-state index contributed by atoms with van der Waals surface area (Å²) >= 11 is 0. The minimum absolute atomic E-state index is 0.146. The number of rotatable bonds is 3. The van der Waals surface area contributed by atoms with E-state index in [1.54, 1.807) is 12.3 Å². The lowest BCUT2D eigenvalue weighted by Gasteiger charge is -2.18. The Kier molecular flexibility index (Phi) is 3.60. The van der Waals surface area contributed by atoms with Crippen molar-refractivity contribution >= 4 is 16.6 Å². The lowest BCUT2D eigenvalue weighted by molar-refractivity contribution is 0.237. The fraction of sp³-hybridized carbons (Fsp3) is 0.400. The van der Waals surface area contributed by atoms with Gasteiger partial charge in [0.25, 0.3) is 0 Å². The van der Waals surface area contributed by atoms with Crippen LogP contribution in [0.4, 0.5) is 10.1 Å². The highest BCUT2D eigenvalue weighted by atomic mass is 19.1. The molecule has 2 rings (SSSR count). The number of hydrogen-bond acceptors (Lipinski definition) is 3. The normalized spacial score (nSPS) is 11.8. The third-order valence-electron chi connectivity index (χ3n) is 2.93. The summed E-state index contributed by atoms with van der Waals surface area (Å²) < 4.78 is 19.5. The van der Waals surface area contributed by atoms with Gasteiger partial charge in [0.2, 0.25) is 0 Å². The second kappa shape index (κ2) is 5.03. The van der Waals surface area contributed by atoms with Crippen molar-refractivity contribution in [2.24, 2.45) is 5.41 Å². The number of pyridine rings is 1. The van der Waals surface area contributed by atoms with Gasteiger partial charge in [-0.2, -0.15) is 0 Å². The van der Waals surface area contributed by atoms with Crippen LogP contribution in [0.1, 0.15) is 27.2 Å². The summed E-state index contributed by atoms with van der Waals surface area (Å²) in [7, 11) is 0. The Hall–Kier alpha value is -1.84. The zero-order valence-corrected chi connectivity index (χ0v) is 11.5. The number of fused-ring (bicyclic) bond motifs is 1. The molecule has 0 atom stereocenters. The van der Waals surface area contributed by atoms with Crippen LogP contribution in [0.15, 0.2) is 24.4 Å². The largest absolute Gasteiger partial charge is 0.488 e. The van der Waals surface area contributed by atoms with Crippen LogP contribution in [0.3, 0.4) is 0 Å². The predicted octanol–water partition coefficient (Wildman–Crippen LogP) is 3.77. The van der Waals surface area contributed by atoms with Gasteiger partial charge in [-0.25, -0.2) is 4.39 Å². The monoisotopic (exact) mass is 262 g/mol.